The van der Waals surface area contributed by atoms with E-state index in [1.54, 1.807) is 12.1 Å². The molecule has 0 radical (unpaired) electrons. The third-order valence-corrected chi connectivity index (χ3v) is 2.84. The first-order chi connectivity index (χ1) is 11.1. The van der Waals surface area contributed by atoms with Crippen LogP contribution < -0.4 is 15.5 Å². The number of carbonyl (C=O) groups excluding carboxylic acids is 2. The van der Waals surface area contributed by atoms with Gasteiger partial charge in [0.05, 0.1) is 6.54 Å². The molecule has 23 heavy (non-hydrogen) atoms. The topological polar surface area (TPSA) is 121 Å². The molecule has 1 heterocycles. The van der Waals surface area contributed by atoms with Crippen molar-refractivity contribution in [2.45, 2.75) is 0 Å². The second kappa shape index (κ2) is 7.76. The number of rotatable bonds is 6. The van der Waals surface area contributed by atoms with Crippen molar-refractivity contribution in [2.24, 2.45) is 0 Å². The van der Waals surface area contributed by atoms with Gasteiger partial charge in [0.1, 0.15) is 18.1 Å². The van der Waals surface area contributed by atoms with Gasteiger partial charge in [0.25, 0.3) is 11.8 Å². The van der Waals surface area contributed by atoms with Crippen LogP contribution in [0.15, 0.2) is 42.5 Å². The minimum atomic E-state index is -0.609. The first-order valence-corrected chi connectivity index (χ1v) is 6.71. The molecule has 0 atom stereocenters. The van der Waals surface area contributed by atoms with E-state index >= 15 is 0 Å². The number of aromatic nitrogens is 1. The Bertz CT molecular complexity index is 688. The molecule has 2 amide bonds. The molecule has 0 aliphatic heterocycles. The van der Waals surface area contributed by atoms with Crippen LogP contribution in [0.25, 0.3) is 0 Å². The Morgan fingerprint density at radius 2 is 1.83 bits per heavy atom. The number of hydrogen-bond donors (Lipinski definition) is 4. The highest BCUT2D eigenvalue weighted by Crippen LogP contribution is 2.11. The lowest BCUT2D eigenvalue weighted by Crippen LogP contribution is -2.28. The van der Waals surface area contributed by atoms with E-state index in [2.05, 4.69) is 10.3 Å². The Morgan fingerprint density at radius 1 is 1.09 bits per heavy atom. The predicted octanol–water partition coefficient (Wildman–Crippen LogP) is 0.715. The summed E-state index contributed by atoms with van der Waals surface area (Å²) in [6, 6.07) is 10.5. The molecule has 8 nitrogen and oxygen atoms in total. The first kappa shape index (κ1) is 16.2. The molecule has 0 bridgehead atoms. The lowest BCUT2D eigenvalue weighted by atomic mass is 10.2. The molecular weight excluding hydrogens is 302 g/mol. The van der Waals surface area contributed by atoms with Crippen LogP contribution in [0, 0.1) is 0 Å². The van der Waals surface area contributed by atoms with Gasteiger partial charge in [-0.1, -0.05) is 6.07 Å². The summed E-state index contributed by atoms with van der Waals surface area (Å²) < 4.78 is 5.41. The second-order valence-corrected chi connectivity index (χ2v) is 4.45. The van der Waals surface area contributed by atoms with E-state index in [0.29, 0.717) is 11.3 Å². The van der Waals surface area contributed by atoms with Crippen LogP contribution in [0.4, 0.5) is 0 Å². The molecule has 1 aromatic heterocycles. The van der Waals surface area contributed by atoms with Gasteiger partial charge in [-0.2, -0.15) is 0 Å². The zero-order valence-corrected chi connectivity index (χ0v) is 12.0. The zero-order valence-electron chi connectivity index (χ0n) is 12.0. The molecule has 0 spiro atoms. The van der Waals surface area contributed by atoms with Crippen molar-refractivity contribution in [1.29, 1.82) is 0 Å². The molecule has 0 unspecified atom stereocenters. The number of hydroxylamine groups is 1. The standard InChI is InChI=1S/C15H15N3O5/c19-13-3-1-2-12(17-13)15(21)16-8-9-23-11-6-4-10(5-7-11)14(20)18-22/h1-7,22H,8-9H2,(H,16,21)(H,17,19)(H,18,20). The number of nitrogens with zero attached hydrogens (tertiary/aromatic N) is 1. The van der Waals surface area contributed by atoms with Gasteiger partial charge in [0.15, 0.2) is 0 Å². The van der Waals surface area contributed by atoms with E-state index in [0.717, 1.165) is 0 Å². The Balaban J connectivity index is 1.77. The Labute approximate surface area is 131 Å². The number of benzene rings is 1. The number of hydrogen-bond acceptors (Lipinski definition) is 6. The van der Waals surface area contributed by atoms with Crippen molar-refractivity contribution < 1.29 is 24.6 Å². The van der Waals surface area contributed by atoms with Gasteiger partial charge < -0.3 is 15.2 Å². The Kier molecular flexibility index (Phi) is 5.48. The lowest BCUT2D eigenvalue weighted by molar-refractivity contribution is 0.0706. The molecular formula is C15H15N3O5. The summed E-state index contributed by atoms with van der Waals surface area (Å²) in [7, 11) is 0. The van der Waals surface area contributed by atoms with E-state index in [9.17, 15) is 14.7 Å². The van der Waals surface area contributed by atoms with E-state index < -0.39 is 11.8 Å². The van der Waals surface area contributed by atoms with Crippen molar-refractivity contribution >= 4 is 11.8 Å². The van der Waals surface area contributed by atoms with Crippen LogP contribution in [0.2, 0.25) is 0 Å². The number of amides is 2. The van der Waals surface area contributed by atoms with Crippen molar-refractivity contribution in [2.75, 3.05) is 13.2 Å². The maximum atomic E-state index is 11.8. The van der Waals surface area contributed by atoms with E-state index in [1.165, 1.54) is 35.8 Å². The summed E-state index contributed by atoms with van der Waals surface area (Å²) in [5.41, 5.74) is 1.94. The van der Waals surface area contributed by atoms with E-state index in [4.69, 9.17) is 9.94 Å². The average Bonchev–Trinajstić information content (AvgIpc) is 2.58. The molecule has 0 saturated carbocycles. The summed E-state index contributed by atoms with van der Waals surface area (Å²) in [6.45, 7) is 0.463. The monoisotopic (exact) mass is 317 g/mol. The van der Waals surface area contributed by atoms with Gasteiger partial charge in [0.2, 0.25) is 5.88 Å². The fourth-order valence-electron chi connectivity index (χ4n) is 1.74. The number of nitrogens with one attached hydrogen (secondary N) is 2. The number of carbonyl (C=O) groups is 2. The highest BCUT2D eigenvalue weighted by Gasteiger charge is 2.07. The molecule has 4 N–H and O–H groups in total. The van der Waals surface area contributed by atoms with Gasteiger partial charge in [-0.15, -0.1) is 0 Å². The van der Waals surface area contributed by atoms with Crippen LogP contribution in [-0.4, -0.2) is 40.3 Å². The molecule has 120 valence electrons. The molecule has 0 aliphatic rings. The van der Waals surface area contributed by atoms with Gasteiger partial charge in [-0.3, -0.25) is 14.8 Å². The second-order valence-electron chi connectivity index (χ2n) is 4.45. The largest absolute Gasteiger partial charge is 0.493 e. The number of aromatic hydroxyl groups is 1. The number of ether oxygens (including phenoxy) is 1. The highest BCUT2D eigenvalue weighted by molar-refractivity contribution is 5.93. The molecule has 0 aliphatic carbocycles. The maximum absolute atomic E-state index is 11.8. The summed E-state index contributed by atoms with van der Waals surface area (Å²) in [6.07, 6.45) is 0. The third kappa shape index (κ3) is 4.68. The zero-order chi connectivity index (χ0) is 16.7. The maximum Gasteiger partial charge on any atom is 0.274 e. The van der Waals surface area contributed by atoms with Crippen molar-refractivity contribution in [3.05, 3.63) is 53.7 Å². The van der Waals surface area contributed by atoms with Crippen LogP contribution in [0.5, 0.6) is 11.6 Å². The van der Waals surface area contributed by atoms with Crippen molar-refractivity contribution in [3.63, 3.8) is 0 Å². The Morgan fingerprint density at radius 3 is 2.48 bits per heavy atom. The molecule has 1 aromatic carbocycles. The Hall–Kier alpha value is -3.13. The van der Waals surface area contributed by atoms with Gasteiger partial charge in [-0.05, 0) is 30.3 Å². The van der Waals surface area contributed by atoms with E-state index in [1.807, 2.05) is 0 Å². The molecule has 2 aromatic rings. The van der Waals surface area contributed by atoms with Gasteiger partial charge in [-0.25, -0.2) is 10.5 Å². The molecule has 8 heteroatoms. The highest BCUT2D eigenvalue weighted by atomic mass is 16.5. The minimum Gasteiger partial charge on any atom is -0.493 e. The fraction of sp³-hybridized carbons (Fsp3) is 0.133. The average molecular weight is 317 g/mol. The smallest absolute Gasteiger partial charge is 0.274 e. The number of pyridine rings is 1. The van der Waals surface area contributed by atoms with Crippen molar-refractivity contribution in [3.8, 4) is 11.6 Å². The summed E-state index contributed by atoms with van der Waals surface area (Å²) in [4.78, 5) is 26.6. The molecule has 0 saturated heterocycles. The summed E-state index contributed by atoms with van der Waals surface area (Å²) in [5, 5.41) is 20.3. The minimum absolute atomic E-state index is 0.115. The van der Waals surface area contributed by atoms with Gasteiger partial charge >= 0.3 is 0 Å². The van der Waals surface area contributed by atoms with Crippen LogP contribution in [0.3, 0.4) is 0 Å². The lowest BCUT2D eigenvalue weighted by Gasteiger charge is -2.08. The van der Waals surface area contributed by atoms with Crippen molar-refractivity contribution in [1.82, 2.24) is 15.8 Å². The predicted molar refractivity (Wildman–Crippen MR) is 79.4 cm³/mol. The quantitative estimate of drug-likeness (QED) is 0.354. The third-order valence-electron chi connectivity index (χ3n) is 2.84. The fourth-order valence-corrected chi connectivity index (χ4v) is 1.74. The molecule has 0 fully saturated rings. The first-order valence-electron chi connectivity index (χ1n) is 6.71. The van der Waals surface area contributed by atoms with Crippen LogP contribution >= 0.6 is 0 Å². The van der Waals surface area contributed by atoms with Crippen LogP contribution in [0.1, 0.15) is 20.8 Å². The normalized spacial score (nSPS) is 9.96. The van der Waals surface area contributed by atoms with E-state index in [-0.39, 0.29) is 24.7 Å². The summed E-state index contributed by atoms with van der Waals surface area (Å²) in [5.74, 6) is -0.730. The van der Waals surface area contributed by atoms with Gasteiger partial charge in [0, 0.05) is 11.6 Å². The summed E-state index contributed by atoms with van der Waals surface area (Å²) >= 11 is 0. The molecule has 2 rings (SSSR count). The van der Waals surface area contributed by atoms with Crippen LogP contribution in [-0.2, 0) is 0 Å². The SMILES string of the molecule is O=C(NO)c1ccc(OCCNC(=O)c2cccc(O)n2)cc1.